The van der Waals surface area contributed by atoms with Gasteiger partial charge in [0.15, 0.2) is 0 Å². The van der Waals surface area contributed by atoms with Gasteiger partial charge in [0.25, 0.3) is 0 Å². The number of hydrogen-bond donors (Lipinski definition) is 1. The average molecular weight is 254 g/mol. The van der Waals surface area contributed by atoms with E-state index < -0.39 is 23.6 Å². The molecule has 0 aromatic heterocycles. The number of aromatic carboxylic acids is 1. The smallest absolute Gasteiger partial charge is 0.458 e. The summed E-state index contributed by atoms with van der Waals surface area (Å²) in [6.45, 7) is 1.15. The van der Waals surface area contributed by atoms with E-state index in [1.165, 1.54) is 0 Å². The first-order valence-electron chi connectivity index (χ1n) is 4.36. The summed E-state index contributed by atoms with van der Waals surface area (Å²) in [5, 5.41) is 8.61. The summed E-state index contributed by atoms with van der Waals surface area (Å²) < 4.78 is 61.9. The number of carboxylic acid groups (broad SMARTS) is 1. The van der Waals surface area contributed by atoms with Crippen LogP contribution in [0.1, 0.15) is 21.5 Å². The van der Waals surface area contributed by atoms with E-state index in [0.29, 0.717) is 12.1 Å². The SMILES string of the molecule is Cc1cc(C(F)(F)C(F)(F)F)ccc1C(=O)O. The minimum Gasteiger partial charge on any atom is -0.478 e. The van der Waals surface area contributed by atoms with Gasteiger partial charge in [0.2, 0.25) is 0 Å². The molecule has 17 heavy (non-hydrogen) atoms. The lowest BCUT2D eigenvalue weighted by molar-refractivity contribution is -0.289. The van der Waals surface area contributed by atoms with Crippen molar-refractivity contribution in [2.75, 3.05) is 0 Å². The van der Waals surface area contributed by atoms with Crippen LogP contribution in [-0.4, -0.2) is 17.3 Å². The standard InChI is InChI=1S/C10H7F5O2/c1-5-4-6(2-3-7(5)8(16)17)9(11,12)10(13,14)15/h2-4H,1H3,(H,16,17). The highest BCUT2D eigenvalue weighted by molar-refractivity contribution is 5.89. The van der Waals surface area contributed by atoms with Crippen LogP contribution in [0.15, 0.2) is 18.2 Å². The third kappa shape index (κ3) is 2.37. The fourth-order valence-corrected chi connectivity index (χ4v) is 1.26. The van der Waals surface area contributed by atoms with Crippen molar-refractivity contribution >= 4 is 5.97 Å². The molecule has 0 saturated carbocycles. The molecule has 1 rings (SSSR count). The number of benzene rings is 1. The van der Waals surface area contributed by atoms with Gasteiger partial charge in [-0.25, -0.2) is 4.79 Å². The van der Waals surface area contributed by atoms with Crippen molar-refractivity contribution in [2.45, 2.75) is 19.0 Å². The molecule has 1 aromatic carbocycles. The van der Waals surface area contributed by atoms with Crippen LogP contribution in [0.25, 0.3) is 0 Å². The van der Waals surface area contributed by atoms with Crippen LogP contribution in [-0.2, 0) is 5.92 Å². The van der Waals surface area contributed by atoms with Crippen molar-refractivity contribution in [1.82, 2.24) is 0 Å². The van der Waals surface area contributed by atoms with E-state index in [1.54, 1.807) is 0 Å². The number of aryl methyl sites for hydroxylation is 1. The molecular formula is C10H7F5O2. The molecular weight excluding hydrogens is 247 g/mol. The van der Waals surface area contributed by atoms with Crippen LogP contribution in [0.5, 0.6) is 0 Å². The minimum atomic E-state index is -5.70. The van der Waals surface area contributed by atoms with E-state index in [4.69, 9.17) is 5.11 Å². The third-order valence-electron chi connectivity index (χ3n) is 2.18. The predicted molar refractivity (Wildman–Crippen MR) is 48.1 cm³/mol. The number of halogens is 5. The maximum atomic E-state index is 12.9. The second-order valence-corrected chi connectivity index (χ2v) is 3.41. The van der Waals surface area contributed by atoms with Crippen LogP contribution in [0.2, 0.25) is 0 Å². The lowest BCUT2D eigenvalue weighted by Gasteiger charge is -2.20. The summed E-state index contributed by atoms with van der Waals surface area (Å²) in [7, 11) is 0. The van der Waals surface area contributed by atoms with Gasteiger partial charge in [-0.1, -0.05) is 6.07 Å². The molecule has 0 radical (unpaired) electrons. The van der Waals surface area contributed by atoms with Crippen molar-refractivity contribution in [3.63, 3.8) is 0 Å². The maximum Gasteiger partial charge on any atom is 0.458 e. The number of carbonyl (C=O) groups is 1. The fourth-order valence-electron chi connectivity index (χ4n) is 1.26. The van der Waals surface area contributed by atoms with E-state index in [-0.39, 0.29) is 11.1 Å². The predicted octanol–water partition coefficient (Wildman–Crippen LogP) is 3.35. The molecule has 0 atom stereocenters. The Balaban J connectivity index is 3.28. The van der Waals surface area contributed by atoms with Crippen molar-refractivity contribution in [3.8, 4) is 0 Å². The van der Waals surface area contributed by atoms with Gasteiger partial charge >= 0.3 is 18.1 Å². The van der Waals surface area contributed by atoms with Crippen LogP contribution in [0, 0.1) is 6.92 Å². The van der Waals surface area contributed by atoms with Gasteiger partial charge in [0.1, 0.15) is 0 Å². The van der Waals surface area contributed by atoms with Gasteiger partial charge in [-0.2, -0.15) is 22.0 Å². The monoisotopic (exact) mass is 254 g/mol. The van der Waals surface area contributed by atoms with Crippen molar-refractivity contribution in [3.05, 3.63) is 34.9 Å². The molecule has 0 bridgehead atoms. The summed E-state index contributed by atoms with van der Waals surface area (Å²) >= 11 is 0. The second kappa shape index (κ2) is 3.97. The minimum absolute atomic E-state index is 0.154. The van der Waals surface area contributed by atoms with Crippen molar-refractivity contribution in [1.29, 1.82) is 0 Å². The maximum absolute atomic E-state index is 12.9. The lowest BCUT2D eigenvalue weighted by Crippen LogP contribution is -2.33. The molecule has 0 aliphatic carbocycles. The molecule has 1 aromatic rings. The summed E-state index contributed by atoms with van der Waals surface area (Å²) in [6, 6.07) is 1.72. The molecule has 0 fully saturated rings. The quantitative estimate of drug-likeness (QED) is 0.822. The molecule has 1 N–H and O–H groups in total. The zero-order chi connectivity index (χ0) is 13.4. The number of hydrogen-bond acceptors (Lipinski definition) is 1. The zero-order valence-electron chi connectivity index (χ0n) is 8.48. The topological polar surface area (TPSA) is 37.3 Å². The Morgan fingerprint density at radius 2 is 1.71 bits per heavy atom. The number of rotatable bonds is 2. The van der Waals surface area contributed by atoms with E-state index in [1.807, 2.05) is 0 Å². The fraction of sp³-hybridized carbons (Fsp3) is 0.300. The molecule has 0 aliphatic heterocycles. The zero-order valence-corrected chi connectivity index (χ0v) is 8.48. The molecule has 0 spiro atoms. The summed E-state index contributed by atoms with van der Waals surface area (Å²) in [6.07, 6.45) is -5.70. The van der Waals surface area contributed by atoms with Gasteiger partial charge in [-0.05, 0) is 24.6 Å². The Kier molecular flexibility index (Phi) is 3.13. The molecule has 2 nitrogen and oxygen atoms in total. The van der Waals surface area contributed by atoms with Crippen LogP contribution < -0.4 is 0 Å². The average Bonchev–Trinajstić information content (AvgIpc) is 2.14. The van der Waals surface area contributed by atoms with E-state index in [0.717, 1.165) is 13.0 Å². The lowest BCUT2D eigenvalue weighted by atomic mass is 10.0. The van der Waals surface area contributed by atoms with Gasteiger partial charge in [0, 0.05) is 5.56 Å². The van der Waals surface area contributed by atoms with E-state index >= 15 is 0 Å². The molecule has 94 valence electrons. The van der Waals surface area contributed by atoms with Gasteiger partial charge in [0.05, 0.1) is 5.56 Å². The Bertz CT molecular complexity index is 450. The highest BCUT2D eigenvalue weighted by atomic mass is 19.4. The van der Waals surface area contributed by atoms with Crippen LogP contribution >= 0.6 is 0 Å². The molecule has 0 saturated heterocycles. The normalized spacial score (nSPS) is 12.6. The van der Waals surface area contributed by atoms with E-state index in [2.05, 4.69) is 0 Å². The van der Waals surface area contributed by atoms with Crippen molar-refractivity contribution < 1.29 is 31.9 Å². The summed E-state index contributed by atoms with van der Waals surface area (Å²) in [5.41, 5.74) is -1.74. The largest absolute Gasteiger partial charge is 0.478 e. The van der Waals surface area contributed by atoms with Crippen molar-refractivity contribution in [2.24, 2.45) is 0 Å². The van der Waals surface area contributed by atoms with Gasteiger partial charge in [-0.15, -0.1) is 0 Å². The Morgan fingerprint density at radius 1 is 1.18 bits per heavy atom. The Morgan fingerprint density at radius 3 is 2.06 bits per heavy atom. The summed E-state index contributed by atoms with van der Waals surface area (Å²) in [5.74, 6) is -6.38. The first-order chi connectivity index (χ1) is 7.57. The summed E-state index contributed by atoms with van der Waals surface area (Å²) in [4.78, 5) is 10.6. The molecule has 0 unspecified atom stereocenters. The number of carboxylic acids is 1. The van der Waals surface area contributed by atoms with Gasteiger partial charge < -0.3 is 5.11 Å². The van der Waals surface area contributed by atoms with Crippen LogP contribution in [0.4, 0.5) is 22.0 Å². The molecule has 0 amide bonds. The van der Waals surface area contributed by atoms with E-state index in [9.17, 15) is 26.7 Å². The molecule has 7 heteroatoms. The first-order valence-corrected chi connectivity index (χ1v) is 4.36. The highest BCUT2D eigenvalue weighted by Crippen LogP contribution is 2.44. The Labute approximate surface area is 92.7 Å². The highest BCUT2D eigenvalue weighted by Gasteiger charge is 2.58. The Hall–Kier alpha value is -1.66. The number of alkyl halides is 5. The molecule has 0 aliphatic rings. The second-order valence-electron chi connectivity index (χ2n) is 3.41. The first kappa shape index (κ1) is 13.4. The van der Waals surface area contributed by atoms with Crippen LogP contribution in [0.3, 0.4) is 0 Å². The van der Waals surface area contributed by atoms with Gasteiger partial charge in [-0.3, -0.25) is 0 Å². The third-order valence-corrected chi connectivity index (χ3v) is 2.18. The molecule has 0 heterocycles.